The first kappa shape index (κ1) is 23.1. The molecule has 0 spiro atoms. The Kier molecular flexibility index (Phi) is 6.26. The monoisotopic (exact) mass is 484 g/mol. The van der Waals surface area contributed by atoms with Crippen molar-refractivity contribution in [3.63, 3.8) is 0 Å². The van der Waals surface area contributed by atoms with Gasteiger partial charge in [0.2, 0.25) is 5.91 Å². The summed E-state index contributed by atoms with van der Waals surface area (Å²) in [5, 5.41) is 6.96. The normalized spacial score (nSPS) is 17.0. The zero-order valence-corrected chi connectivity index (χ0v) is 20.7. The summed E-state index contributed by atoms with van der Waals surface area (Å²) in [6.07, 6.45) is 1.57. The van der Waals surface area contributed by atoms with Gasteiger partial charge in [-0.25, -0.2) is 0 Å². The molecule has 178 valence electrons. The number of benzene rings is 3. The summed E-state index contributed by atoms with van der Waals surface area (Å²) in [4.78, 5) is 30.1. The van der Waals surface area contributed by atoms with Gasteiger partial charge in [-0.2, -0.15) is 0 Å². The van der Waals surface area contributed by atoms with Crippen LogP contribution in [0.4, 0.5) is 17.1 Å². The molecule has 0 saturated carbocycles. The molecule has 0 aliphatic carbocycles. The lowest BCUT2D eigenvalue weighted by molar-refractivity contribution is -0.122. The van der Waals surface area contributed by atoms with Crippen molar-refractivity contribution in [3.05, 3.63) is 89.0 Å². The molecule has 1 atom stereocenters. The van der Waals surface area contributed by atoms with Gasteiger partial charge in [0.25, 0.3) is 5.91 Å². The zero-order chi connectivity index (χ0) is 24.5. The van der Waals surface area contributed by atoms with E-state index in [1.54, 1.807) is 9.80 Å². The predicted octanol–water partition coefficient (Wildman–Crippen LogP) is 5.26. The lowest BCUT2D eigenvalue weighted by Gasteiger charge is -2.26. The van der Waals surface area contributed by atoms with Crippen LogP contribution in [0.15, 0.2) is 66.7 Å². The number of carbonyl (C=O) groups excluding carboxylic acids is 2. The molecular formula is C28H28N4O2S. The van der Waals surface area contributed by atoms with Crippen LogP contribution in [-0.2, 0) is 11.3 Å². The number of rotatable bonds is 4. The predicted molar refractivity (Wildman–Crippen MR) is 144 cm³/mol. The first-order valence-electron chi connectivity index (χ1n) is 11.9. The topological polar surface area (TPSA) is 64.7 Å². The van der Waals surface area contributed by atoms with Crippen LogP contribution in [0.1, 0.15) is 39.9 Å². The van der Waals surface area contributed by atoms with E-state index in [-0.39, 0.29) is 17.9 Å². The molecule has 35 heavy (non-hydrogen) atoms. The summed E-state index contributed by atoms with van der Waals surface area (Å²) in [6.45, 7) is 5.15. The number of nitrogens with one attached hydrogen (secondary N) is 2. The minimum Gasteiger partial charge on any atom is -0.332 e. The summed E-state index contributed by atoms with van der Waals surface area (Å²) < 4.78 is 0. The largest absolute Gasteiger partial charge is 0.332 e. The highest BCUT2D eigenvalue weighted by Gasteiger charge is 2.41. The van der Waals surface area contributed by atoms with E-state index in [0.717, 1.165) is 23.4 Å². The fraction of sp³-hybridized carbons (Fsp3) is 0.250. The highest BCUT2D eigenvalue weighted by Crippen LogP contribution is 2.33. The SMILES string of the molecule is Cc1cc(C)cc(NC(=S)Nc2ccc(CN3C(=O)C4CCCN4C(=O)c4ccccc43)cc2)c1. The molecule has 2 aliphatic heterocycles. The molecule has 0 aromatic heterocycles. The lowest BCUT2D eigenvalue weighted by atomic mass is 10.1. The first-order valence-corrected chi connectivity index (χ1v) is 12.3. The van der Waals surface area contributed by atoms with Crippen molar-refractivity contribution in [2.45, 2.75) is 39.3 Å². The van der Waals surface area contributed by atoms with E-state index in [2.05, 4.69) is 42.7 Å². The molecule has 3 aromatic rings. The molecule has 6 nitrogen and oxygen atoms in total. The number of aryl methyl sites for hydroxylation is 2. The van der Waals surface area contributed by atoms with E-state index in [9.17, 15) is 9.59 Å². The summed E-state index contributed by atoms with van der Waals surface area (Å²) in [6, 6.07) is 21.1. The molecule has 5 rings (SSSR count). The van der Waals surface area contributed by atoms with Gasteiger partial charge in [-0.3, -0.25) is 9.59 Å². The molecule has 2 heterocycles. The third-order valence-corrected chi connectivity index (χ3v) is 6.73. The maximum Gasteiger partial charge on any atom is 0.256 e. The number of anilines is 3. The number of amides is 2. The minimum absolute atomic E-state index is 0.0122. The zero-order valence-electron chi connectivity index (χ0n) is 19.9. The molecule has 1 saturated heterocycles. The lowest BCUT2D eigenvalue weighted by Crippen LogP contribution is -2.44. The van der Waals surface area contributed by atoms with Crippen LogP contribution in [0.5, 0.6) is 0 Å². The van der Waals surface area contributed by atoms with Crippen LogP contribution in [0.25, 0.3) is 0 Å². The quantitative estimate of drug-likeness (QED) is 0.495. The average Bonchev–Trinajstić information content (AvgIpc) is 3.29. The van der Waals surface area contributed by atoms with Gasteiger partial charge in [-0.1, -0.05) is 30.3 Å². The molecule has 0 radical (unpaired) electrons. The summed E-state index contributed by atoms with van der Waals surface area (Å²) in [5.41, 5.74) is 6.40. The maximum absolute atomic E-state index is 13.5. The Bertz CT molecular complexity index is 1280. The van der Waals surface area contributed by atoms with Gasteiger partial charge in [0.05, 0.1) is 17.8 Å². The molecule has 1 unspecified atom stereocenters. The summed E-state index contributed by atoms with van der Waals surface area (Å²) in [7, 11) is 0. The number of nitrogens with zero attached hydrogens (tertiary/aromatic N) is 2. The highest BCUT2D eigenvalue weighted by atomic mass is 32.1. The number of carbonyl (C=O) groups is 2. The third-order valence-electron chi connectivity index (χ3n) is 6.52. The fourth-order valence-corrected chi connectivity index (χ4v) is 5.22. The van der Waals surface area contributed by atoms with Crippen molar-refractivity contribution < 1.29 is 9.59 Å². The van der Waals surface area contributed by atoms with E-state index >= 15 is 0 Å². The number of para-hydroxylation sites is 1. The van der Waals surface area contributed by atoms with Gasteiger partial charge >= 0.3 is 0 Å². The van der Waals surface area contributed by atoms with E-state index in [1.807, 2.05) is 48.5 Å². The van der Waals surface area contributed by atoms with Crippen LogP contribution in [0, 0.1) is 13.8 Å². The Labute approximate surface area is 210 Å². The smallest absolute Gasteiger partial charge is 0.256 e. The molecule has 3 aromatic carbocycles. The van der Waals surface area contributed by atoms with Crippen LogP contribution < -0.4 is 15.5 Å². The van der Waals surface area contributed by atoms with Gasteiger partial charge in [0.15, 0.2) is 5.11 Å². The number of hydrogen-bond acceptors (Lipinski definition) is 3. The van der Waals surface area contributed by atoms with Gasteiger partial charge in [0, 0.05) is 17.9 Å². The number of hydrogen-bond donors (Lipinski definition) is 2. The van der Waals surface area contributed by atoms with Gasteiger partial charge < -0.3 is 20.4 Å². The first-order chi connectivity index (χ1) is 16.9. The van der Waals surface area contributed by atoms with Gasteiger partial charge in [0.1, 0.15) is 6.04 Å². The van der Waals surface area contributed by atoms with Crippen LogP contribution in [0.3, 0.4) is 0 Å². The van der Waals surface area contributed by atoms with Crippen molar-refractivity contribution in [1.29, 1.82) is 0 Å². The molecule has 2 N–H and O–H groups in total. The van der Waals surface area contributed by atoms with Gasteiger partial charge in [-0.15, -0.1) is 0 Å². The second-order valence-electron chi connectivity index (χ2n) is 9.25. The van der Waals surface area contributed by atoms with E-state index in [1.165, 1.54) is 11.1 Å². The second kappa shape index (κ2) is 9.50. The van der Waals surface area contributed by atoms with E-state index in [0.29, 0.717) is 35.9 Å². The van der Waals surface area contributed by atoms with Crippen LogP contribution in [-0.4, -0.2) is 34.4 Å². The minimum atomic E-state index is -0.385. The molecule has 1 fully saturated rings. The van der Waals surface area contributed by atoms with Gasteiger partial charge in [-0.05, 0) is 92.0 Å². The van der Waals surface area contributed by atoms with Crippen LogP contribution >= 0.6 is 12.2 Å². The van der Waals surface area contributed by atoms with Crippen molar-refractivity contribution >= 4 is 46.2 Å². The average molecular weight is 485 g/mol. The van der Waals surface area contributed by atoms with E-state index < -0.39 is 0 Å². The maximum atomic E-state index is 13.5. The van der Waals surface area contributed by atoms with E-state index in [4.69, 9.17) is 12.2 Å². The molecular weight excluding hydrogens is 456 g/mol. The summed E-state index contributed by atoms with van der Waals surface area (Å²) in [5.74, 6) is -0.0647. The Morgan fingerprint density at radius 3 is 2.37 bits per heavy atom. The Morgan fingerprint density at radius 2 is 1.63 bits per heavy atom. The standard InChI is InChI=1S/C28H28N4O2S/c1-18-14-19(2)16-22(15-18)30-28(35)29-21-11-9-20(10-12-21)17-32-24-7-4-3-6-23(24)26(33)31-13-5-8-25(31)27(32)34/h3-4,6-7,9-12,14-16,25H,5,8,13,17H2,1-2H3,(H2,29,30,35). The molecule has 2 aliphatic rings. The number of fused-ring (bicyclic) bond motifs is 2. The molecule has 7 heteroatoms. The van der Waals surface area contributed by atoms with Crippen molar-refractivity contribution in [2.24, 2.45) is 0 Å². The Hall–Kier alpha value is -3.71. The van der Waals surface area contributed by atoms with Crippen molar-refractivity contribution in [1.82, 2.24) is 4.90 Å². The Balaban J connectivity index is 1.31. The third kappa shape index (κ3) is 4.77. The molecule has 0 bridgehead atoms. The molecule has 2 amide bonds. The van der Waals surface area contributed by atoms with Crippen LogP contribution in [0.2, 0.25) is 0 Å². The van der Waals surface area contributed by atoms with Crippen molar-refractivity contribution in [2.75, 3.05) is 22.1 Å². The Morgan fingerprint density at radius 1 is 0.943 bits per heavy atom. The highest BCUT2D eigenvalue weighted by molar-refractivity contribution is 7.80. The summed E-state index contributed by atoms with van der Waals surface area (Å²) >= 11 is 5.49. The number of thiocarbonyl (C=S) groups is 1. The second-order valence-corrected chi connectivity index (χ2v) is 9.66. The fourth-order valence-electron chi connectivity index (χ4n) is 4.99. The van der Waals surface area contributed by atoms with Crippen molar-refractivity contribution in [3.8, 4) is 0 Å².